The van der Waals surface area contributed by atoms with Crippen molar-refractivity contribution in [2.75, 3.05) is 0 Å². The van der Waals surface area contributed by atoms with Crippen LogP contribution in [0.25, 0.3) is 82.1 Å². The Morgan fingerprint density at radius 3 is 2.07 bits per heavy atom. The molecule has 2 unspecified atom stereocenters. The standard InChI is InChI=1S/C54H37N3O/c1-2-13-36(14-3-1)43-18-10-20-50-53(43)45-17-8-9-19-49(45)57(50)42-26-28-51-46(32-42)44-27-25-40(31-52(44)58-51)48-33-47(39-23-21-34-11-4-6-15-37(34)29-39)55-54(56-48)41-24-22-35-12-5-7-16-38(35)30-41/h1-32,48,54,56H,33H2. The molecule has 0 saturated carbocycles. The second-order valence-corrected chi connectivity index (χ2v) is 15.5. The number of fused-ring (bicyclic) bond motifs is 8. The molecule has 0 aliphatic carbocycles. The first-order valence-corrected chi connectivity index (χ1v) is 20.1. The van der Waals surface area contributed by atoms with Gasteiger partial charge >= 0.3 is 0 Å². The molecule has 0 spiro atoms. The third kappa shape index (κ3) is 5.37. The fourth-order valence-corrected chi connectivity index (χ4v) is 9.31. The van der Waals surface area contributed by atoms with E-state index in [-0.39, 0.29) is 12.2 Å². The molecule has 2 aromatic heterocycles. The molecule has 0 bridgehead atoms. The Hall–Kier alpha value is -7.27. The number of nitrogens with one attached hydrogen (secondary N) is 1. The van der Waals surface area contributed by atoms with Crippen molar-refractivity contribution in [3.8, 4) is 16.8 Å². The smallest absolute Gasteiger partial charge is 0.135 e. The van der Waals surface area contributed by atoms with Crippen molar-refractivity contribution in [1.82, 2.24) is 9.88 Å². The van der Waals surface area contributed by atoms with Crippen LogP contribution < -0.4 is 5.32 Å². The Labute approximate surface area is 335 Å². The summed E-state index contributed by atoms with van der Waals surface area (Å²) in [5, 5.41) is 13.5. The molecule has 0 fully saturated rings. The fourth-order valence-electron chi connectivity index (χ4n) is 9.31. The molecule has 4 heteroatoms. The summed E-state index contributed by atoms with van der Waals surface area (Å²) in [6, 6.07) is 70.0. The Kier molecular flexibility index (Phi) is 7.47. The van der Waals surface area contributed by atoms with Gasteiger partial charge in [-0.25, -0.2) is 0 Å². The molecule has 3 heterocycles. The molecule has 0 radical (unpaired) electrons. The number of nitrogens with zero attached hydrogens (tertiary/aromatic N) is 2. The maximum Gasteiger partial charge on any atom is 0.135 e. The van der Waals surface area contributed by atoms with Gasteiger partial charge in [0, 0.05) is 45.4 Å². The van der Waals surface area contributed by atoms with E-state index < -0.39 is 0 Å². The average molecular weight is 744 g/mol. The van der Waals surface area contributed by atoms with Crippen molar-refractivity contribution < 1.29 is 4.42 Å². The maximum atomic E-state index is 6.66. The van der Waals surface area contributed by atoms with Gasteiger partial charge < -0.3 is 8.98 Å². The predicted octanol–water partition coefficient (Wildman–Crippen LogP) is 13.9. The molecular weight excluding hydrogens is 707 g/mol. The van der Waals surface area contributed by atoms with Gasteiger partial charge in [0.1, 0.15) is 17.3 Å². The summed E-state index contributed by atoms with van der Waals surface area (Å²) >= 11 is 0. The zero-order valence-corrected chi connectivity index (χ0v) is 31.6. The van der Waals surface area contributed by atoms with E-state index >= 15 is 0 Å². The van der Waals surface area contributed by atoms with Crippen molar-refractivity contribution in [3.05, 3.63) is 211 Å². The van der Waals surface area contributed by atoms with Crippen LogP contribution in [0.2, 0.25) is 0 Å². The van der Waals surface area contributed by atoms with E-state index in [4.69, 9.17) is 9.41 Å². The number of hydrogen-bond donors (Lipinski definition) is 1. The van der Waals surface area contributed by atoms with Crippen LogP contribution in [0.4, 0.5) is 0 Å². The van der Waals surface area contributed by atoms with E-state index in [1.165, 1.54) is 60.0 Å². The minimum absolute atomic E-state index is 0.0278. The Bertz CT molecular complexity index is 3430. The molecule has 4 nitrogen and oxygen atoms in total. The van der Waals surface area contributed by atoms with Gasteiger partial charge in [0.15, 0.2) is 0 Å². The van der Waals surface area contributed by atoms with E-state index in [9.17, 15) is 0 Å². The lowest BCUT2D eigenvalue weighted by molar-refractivity contribution is 0.442. The molecule has 1 aliphatic rings. The van der Waals surface area contributed by atoms with Gasteiger partial charge in [-0.15, -0.1) is 0 Å². The second-order valence-electron chi connectivity index (χ2n) is 15.5. The Balaban J connectivity index is 0.955. The molecule has 11 aromatic rings. The van der Waals surface area contributed by atoms with Gasteiger partial charge in [-0.2, -0.15) is 0 Å². The van der Waals surface area contributed by atoms with Gasteiger partial charge in [-0.3, -0.25) is 10.3 Å². The number of benzene rings is 9. The number of aliphatic imine (C=N–C) groups is 1. The summed E-state index contributed by atoms with van der Waals surface area (Å²) in [4.78, 5) is 5.39. The highest BCUT2D eigenvalue weighted by Gasteiger charge is 2.27. The summed E-state index contributed by atoms with van der Waals surface area (Å²) in [6.07, 6.45) is 0.559. The first-order valence-electron chi connectivity index (χ1n) is 20.1. The normalized spacial score (nSPS) is 15.9. The van der Waals surface area contributed by atoms with Gasteiger partial charge in [-0.05, 0) is 97.9 Å². The molecule has 9 aromatic carbocycles. The van der Waals surface area contributed by atoms with Crippen molar-refractivity contribution in [2.45, 2.75) is 18.6 Å². The van der Waals surface area contributed by atoms with Gasteiger partial charge in [0.05, 0.1) is 11.0 Å². The summed E-state index contributed by atoms with van der Waals surface area (Å²) in [5.41, 5.74) is 12.3. The summed E-state index contributed by atoms with van der Waals surface area (Å²) < 4.78 is 9.06. The topological polar surface area (TPSA) is 42.5 Å². The van der Waals surface area contributed by atoms with Crippen LogP contribution in [0.3, 0.4) is 0 Å². The highest BCUT2D eigenvalue weighted by molar-refractivity contribution is 6.16. The largest absolute Gasteiger partial charge is 0.456 e. The molecule has 274 valence electrons. The molecule has 12 rings (SSSR count). The van der Waals surface area contributed by atoms with Crippen LogP contribution in [-0.4, -0.2) is 10.3 Å². The number of hydrogen-bond acceptors (Lipinski definition) is 3. The van der Waals surface area contributed by atoms with Crippen LogP contribution in [0.5, 0.6) is 0 Å². The molecule has 2 atom stereocenters. The lowest BCUT2D eigenvalue weighted by atomic mass is 9.92. The van der Waals surface area contributed by atoms with Crippen LogP contribution in [0, 0.1) is 0 Å². The number of para-hydroxylation sites is 1. The third-order valence-electron chi connectivity index (χ3n) is 12.1. The molecule has 0 saturated heterocycles. The minimum Gasteiger partial charge on any atom is -0.456 e. The molecular formula is C54H37N3O. The Morgan fingerprint density at radius 2 is 1.21 bits per heavy atom. The quantitative estimate of drug-likeness (QED) is 0.191. The van der Waals surface area contributed by atoms with Crippen LogP contribution >= 0.6 is 0 Å². The lowest BCUT2D eigenvalue weighted by Crippen LogP contribution is -2.33. The zero-order chi connectivity index (χ0) is 38.2. The highest BCUT2D eigenvalue weighted by Crippen LogP contribution is 2.41. The van der Waals surface area contributed by atoms with E-state index in [0.29, 0.717) is 0 Å². The second kappa shape index (κ2) is 13.2. The van der Waals surface area contributed by atoms with Crippen molar-refractivity contribution >= 4 is 71.0 Å². The van der Waals surface area contributed by atoms with E-state index in [1.54, 1.807) is 0 Å². The number of furan rings is 1. The lowest BCUT2D eigenvalue weighted by Gasteiger charge is -2.31. The number of aromatic nitrogens is 1. The first-order chi connectivity index (χ1) is 28.7. The molecule has 58 heavy (non-hydrogen) atoms. The Morgan fingerprint density at radius 1 is 0.483 bits per heavy atom. The predicted molar refractivity (Wildman–Crippen MR) is 241 cm³/mol. The van der Waals surface area contributed by atoms with Crippen LogP contribution in [-0.2, 0) is 0 Å². The SMILES string of the molecule is c1ccc(-c2cccc3c2c2ccccc2n3-c2ccc3oc4cc(C5CC(c6ccc7ccccc7c6)=NC(c6ccc7ccccc7c6)N5)ccc4c3c2)cc1. The third-order valence-corrected chi connectivity index (χ3v) is 12.1. The summed E-state index contributed by atoms with van der Waals surface area (Å²) in [7, 11) is 0. The summed E-state index contributed by atoms with van der Waals surface area (Å²) in [6.45, 7) is 0. The van der Waals surface area contributed by atoms with Crippen LogP contribution in [0.15, 0.2) is 204 Å². The van der Waals surface area contributed by atoms with E-state index in [2.05, 4.69) is 204 Å². The minimum atomic E-state index is -0.202. The van der Waals surface area contributed by atoms with Crippen molar-refractivity contribution in [3.63, 3.8) is 0 Å². The molecule has 1 N–H and O–H groups in total. The first kappa shape index (κ1) is 32.9. The molecule has 1 aliphatic heterocycles. The average Bonchev–Trinajstić information content (AvgIpc) is 3.84. The van der Waals surface area contributed by atoms with Crippen molar-refractivity contribution in [1.29, 1.82) is 0 Å². The van der Waals surface area contributed by atoms with E-state index in [1.807, 2.05) is 0 Å². The zero-order valence-electron chi connectivity index (χ0n) is 31.6. The molecule has 0 amide bonds. The van der Waals surface area contributed by atoms with Gasteiger partial charge in [0.25, 0.3) is 0 Å². The highest BCUT2D eigenvalue weighted by atomic mass is 16.3. The van der Waals surface area contributed by atoms with Gasteiger partial charge in [0.2, 0.25) is 0 Å². The fraction of sp³-hybridized carbons (Fsp3) is 0.0556. The number of rotatable bonds is 5. The van der Waals surface area contributed by atoms with Gasteiger partial charge in [-0.1, -0.05) is 146 Å². The maximum absolute atomic E-state index is 6.66. The van der Waals surface area contributed by atoms with Crippen molar-refractivity contribution in [2.24, 2.45) is 4.99 Å². The summed E-state index contributed by atoms with van der Waals surface area (Å²) in [5.74, 6) is 0. The monoisotopic (exact) mass is 743 g/mol. The van der Waals surface area contributed by atoms with E-state index in [0.717, 1.165) is 50.9 Å². The van der Waals surface area contributed by atoms with Crippen LogP contribution in [0.1, 0.15) is 35.3 Å².